The van der Waals surface area contributed by atoms with Crippen LogP contribution >= 0.6 is 11.8 Å². The minimum absolute atomic E-state index is 0.184. The Hall–Kier alpha value is -3.85. The number of amides is 1. The second-order valence-corrected chi connectivity index (χ2v) is 8.61. The van der Waals surface area contributed by atoms with Crippen LogP contribution in [0.5, 0.6) is 11.5 Å². The molecule has 0 bridgehead atoms. The van der Waals surface area contributed by atoms with Crippen molar-refractivity contribution in [3.05, 3.63) is 78.6 Å². The van der Waals surface area contributed by atoms with Gasteiger partial charge < -0.3 is 14.8 Å². The first-order valence-corrected chi connectivity index (χ1v) is 11.1. The molecule has 0 spiro atoms. The van der Waals surface area contributed by atoms with Crippen LogP contribution < -0.4 is 14.8 Å². The first-order valence-electron chi connectivity index (χ1n) is 10.2. The van der Waals surface area contributed by atoms with Gasteiger partial charge in [0, 0.05) is 16.9 Å². The molecule has 4 aromatic rings. The van der Waals surface area contributed by atoms with Gasteiger partial charge in [0.1, 0.15) is 5.82 Å². The van der Waals surface area contributed by atoms with Crippen LogP contribution in [0.25, 0.3) is 17.1 Å². The number of ether oxygens (including phenoxy) is 2. The predicted molar refractivity (Wildman–Crippen MR) is 123 cm³/mol. The molecule has 1 amide bonds. The lowest BCUT2D eigenvalue weighted by Gasteiger charge is -2.14. The van der Waals surface area contributed by atoms with Gasteiger partial charge in [-0.15, -0.1) is 10.2 Å². The number of carbonyl (C=O) groups is 1. The van der Waals surface area contributed by atoms with Crippen LogP contribution in [0.2, 0.25) is 0 Å². The summed E-state index contributed by atoms with van der Waals surface area (Å²) in [6.07, 6.45) is 0. The maximum absolute atomic E-state index is 13.5. The number of hydrogen-bond acceptors (Lipinski definition) is 6. The number of para-hydroxylation sites is 1. The molecular formula is C24H19FN4O3S. The third-order valence-electron chi connectivity index (χ3n) is 5.02. The second kappa shape index (κ2) is 8.95. The maximum Gasteiger partial charge on any atom is 0.237 e. The minimum Gasteiger partial charge on any atom is -0.454 e. The summed E-state index contributed by atoms with van der Waals surface area (Å²) in [5, 5.41) is 11.6. The van der Waals surface area contributed by atoms with Crippen molar-refractivity contribution in [3.8, 4) is 28.6 Å². The van der Waals surface area contributed by atoms with Crippen molar-refractivity contribution in [3.63, 3.8) is 0 Å². The molecule has 0 saturated carbocycles. The van der Waals surface area contributed by atoms with Gasteiger partial charge in [-0.3, -0.25) is 9.36 Å². The highest BCUT2D eigenvalue weighted by atomic mass is 32.2. The van der Waals surface area contributed by atoms with Gasteiger partial charge in [-0.25, -0.2) is 4.39 Å². The fraction of sp³-hybridized carbons (Fsp3) is 0.125. The summed E-state index contributed by atoms with van der Waals surface area (Å²) in [6, 6.07) is 21.1. The van der Waals surface area contributed by atoms with Gasteiger partial charge in [-0.1, -0.05) is 36.0 Å². The lowest BCUT2D eigenvalue weighted by Crippen LogP contribution is -2.23. The first-order chi connectivity index (χ1) is 16.1. The average molecular weight is 463 g/mol. The predicted octanol–water partition coefficient (Wildman–Crippen LogP) is 4.92. The Bertz CT molecular complexity index is 1310. The molecule has 166 valence electrons. The molecule has 0 saturated heterocycles. The monoisotopic (exact) mass is 462 g/mol. The molecule has 1 aliphatic rings. The molecule has 1 unspecified atom stereocenters. The molecule has 0 radical (unpaired) electrons. The Morgan fingerprint density at radius 3 is 2.67 bits per heavy atom. The summed E-state index contributed by atoms with van der Waals surface area (Å²) in [5.74, 6) is 1.26. The normalized spacial score (nSPS) is 13.0. The van der Waals surface area contributed by atoms with E-state index in [1.165, 1.54) is 23.9 Å². The number of anilines is 1. The molecule has 2 heterocycles. The molecule has 1 atom stereocenters. The highest BCUT2D eigenvalue weighted by Crippen LogP contribution is 2.37. The van der Waals surface area contributed by atoms with Crippen LogP contribution in [0.4, 0.5) is 10.1 Å². The van der Waals surface area contributed by atoms with Gasteiger partial charge in [0.05, 0.1) is 5.25 Å². The molecule has 1 N–H and O–H groups in total. The van der Waals surface area contributed by atoms with Gasteiger partial charge in [-0.2, -0.15) is 0 Å². The topological polar surface area (TPSA) is 78.3 Å². The Balaban J connectivity index is 1.46. The maximum atomic E-state index is 13.5. The zero-order chi connectivity index (χ0) is 22.8. The van der Waals surface area contributed by atoms with E-state index in [1.54, 1.807) is 19.1 Å². The van der Waals surface area contributed by atoms with Crippen LogP contribution in [0.3, 0.4) is 0 Å². The van der Waals surface area contributed by atoms with Crippen LogP contribution in [-0.2, 0) is 4.79 Å². The fourth-order valence-corrected chi connectivity index (χ4v) is 4.27. The molecule has 0 fully saturated rings. The Morgan fingerprint density at radius 2 is 1.85 bits per heavy atom. The molecule has 3 aromatic carbocycles. The van der Waals surface area contributed by atoms with E-state index in [0.717, 1.165) is 11.3 Å². The second-order valence-electron chi connectivity index (χ2n) is 7.30. The Morgan fingerprint density at radius 1 is 1.03 bits per heavy atom. The molecule has 7 nitrogen and oxygen atoms in total. The fourth-order valence-electron chi connectivity index (χ4n) is 3.40. The average Bonchev–Trinajstić information content (AvgIpc) is 3.46. The molecule has 9 heteroatoms. The van der Waals surface area contributed by atoms with Gasteiger partial charge in [0.2, 0.25) is 12.7 Å². The summed E-state index contributed by atoms with van der Waals surface area (Å²) >= 11 is 1.27. The van der Waals surface area contributed by atoms with E-state index in [9.17, 15) is 9.18 Å². The third-order valence-corrected chi connectivity index (χ3v) is 6.06. The van der Waals surface area contributed by atoms with Crippen LogP contribution in [0.1, 0.15) is 6.92 Å². The highest BCUT2D eigenvalue weighted by Gasteiger charge is 2.23. The van der Waals surface area contributed by atoms with E-state index >= 15 is 0 Å². The van der Waals surface area contributed by atoms with Crippen molar-refractivity contribution in [1.82, 2.24) is 14.8 Å². The van der Waals surface area contributed by atoms with E-state index in [2.05, 4.69) is 15.5 Å². The standard InChI is InChI=1S/C24H19FN4O3S/c1-15(23(30)26-18-7-5-6-17(25)13-18)33-24-28-27-22(29(24)19-8-3-2-4-9-19)16-10-11-20-21(12-16)32-14-31-20/h2-13,15H,14H2,1H3,(H,26,30). The molecule has 1 aliphatic heterocycles. The number of benzene rings is 3. The number of aromatic nitrogens is 3. The molecule has 1 aromatic heterocycles. The number of fused-ring (bicyclic) bond motifs is 1. The van der Waals surface area contributed by atoms with Crippen molar-refractivity contribution in [2.75, 3.05) is 12.1 Å². The van der Waals surface area contributed by atoms with Gasteiger partial charge in [0.15, 0.2) is 22.5 Å². The zero-order valence-electron chi connectivity index (χ0n) is 17.6. The van der Waals surface area contributed by atoms with E-state index in [-0.39, 0.29) is 12.7 Å². The van der Waals surface area contributed by atoms with E-state index in [0.29, 0.717) is 28.2 Å². The van der Waals surface area contributed by atoms with Crippen molar-refractivity contribution >= 4 is 23.4 Å². The minimum atomic E-state index is -0.510. The summed E-state index contributed by atoms with van der Waals surface area (Å²) in [6.45, 7) is 1.95. The summed E-state index contributed by atoms with van der Waals surface area (Å²) in [5.41, 5.74) is 2.06. The van der Waals surface area contributed by atoms with Crippen LogP contribution in [0, 0.1) is 5.82 Å². The lowest BCUT2D eigenvalue weighted by atomic mass is 10.2. The molecule has 33 heavy (non-hydrogen) atoms. The summed E-state index contributed by atoms with van der Waals surface area (Å²) in [4.78, 5) is 12.7. The summed E-state index contributed by atoms with van der Waals surface area (Å²) in [7, 11) is 0. The van der Waals surface area contributed by atoms with Gasteiger partial charge in [0.25, 0.3) is 0 Å². The van der Waals surface area contributed by atoms with Gasteiger partial charge in [-0.05, 0) is 55.5 Å². The Labute approximate surface area is 193 Å². The smallest absolute Gasteiger partial charge is 0.237 e. The Kier molecular flexibility index (Phi) is 5.70. The molecule has 5 rings (SSSR count). The quantitative estimate of drug-likeness (QED) is 0.410. The molecular weight excluding hydrogens is 443 g/mol. The number of nitrogens with one attached hydrogen (secondary N) is 1. The first kappa shape index (κ1) is 21.0. The van der Waals surface area contributed by atoms with Crippen molar-refractivity contribution in [2.45, 2.75) is 17.3 Å². The number of halogens is 1. The largest absolute Gasteiger partial charge is 0.454 e. The number of carbonyl (C=O) groups excluding carboxylic acids is 1. The van der Waals surface area contributed by atoms with Crippen molar-refractivity contribution < 1.29 is 18.7 Å². The number of rotatable bonds is 6. The van der Waals surface area contributed by atoms with Crippen molar-refractivity contribution in [1.29, 1.82) is 0 Å². The van der Waals surface area contributed by atoms with Crippen molar-refractivity contribution in [2.24, 2.45) is 0 Å². The van der Waals surface area contributed by atoms with Gasteiger partial charge >= 0.3 is 0 Å². The lowest BCUT2D eigenvalue weighted by molar-refractivity contribution is -0.115. The van der Waals surface area contributed by atoms with E-state index in [1.807, 2.05) is 53.1 Å². The number of hydrogen-bond donors (Lipinski definition) is 1. The number of nitrogens with zero attached hydrogens (tertiary/aromatic N) is 3. The van der Waals surface area contributed by atoms with Crippen LogP contribution in [0.15, 0.2) is 78.0 Å². The third kappa shape index (κ3) is 4.40. The van der Waals surface area contributed by atoms with E-state index < -0.39 is 11.1 Å². The number of thioether (sulfide) groups is 1. The van der Waals surface area contributed by atoms with E-state index in [4.69, 9.17) is 9.47 Å². The zero-order valence-corrected chi connectivity index (χ0v) is 18.4. The van der Waals surface area contributed by atoms with Crippen LogP contribution in [-0.4, -0.2) is 32.7 Å². The SMILES string of the molecule is CC(Sc1nnc(-c2ccc3c(c2)OCO3)n1-c1ccccc1)C(=O)Nc1cccc(F)c1. The highest BCUT2D eigenvalue weighted by molar-refractivity contribution is 8.00. The summed E-state index contributed by atoms with van der Waals surface area (Å²) < 4.78 is 26.3. The molecule has 0 aliphatic carbocycles.